The third-order valence-corrected chi connectivity index (χ3v) is 10.4. The van der Waals surface area contributed by atoms with E-state index in [-0.39, 0.29) is 25.5 Å². The largest absolute Gasteiger partial charge is 0.445 e. The van der Waals surface area contributed by atoms with Crippen LogP contribution in [0.5, 0.6) is 0 Å². The van der Waals surface area contributed by atoms with E-state index in [1.165, 1.54) is 79.0 Å². The first-order valence-electron chi connectivity index (χ1n) is 20.2. The second kappa shape index (κ2) is 18.7. The van der Waals surface area contributed by atoms with Crippen LogP contribution in [0.1, 0.15) is 101 Å². The van der Waals surface area contributed by atoms with Crippen LogP contribution in [0.3, 0.4) is 0 Å². The topological polar surface area (TPSA) is 224 Å². The van der Waals surface area contributed by atoms with Crippen LogP contribution in [-0.2, 0) is 44.9 Å². The van der Waals surface area contributed by atoms with Crippen LogP contribution in [0, 0.1) is 0 Å². The summed E-state index contributed by atoms with van der Waals surface area (Å²) in [7, 11) is 1.60. The third-order valence-electron chi connectivity index (χ3n) is 10.4. The van der Waals surface area contributed by atoms with E-state index in [0.717, 1.165) is 5.56 Å². The number of benzene rings is 2. The van der Waals surface area contributed by atoms with E-state index in [9.17, 15) is 38.4 Å². The average molecular weight is 849 g/mol. The number of anilines is 1. The molecule has 1 heterocycles. The summed E-state index contributed by atoms with van der Waals surface area (Å²) in [5.74, 6) is -4.30. The van der Waals surface area contributed by atoms with Gasteiger partial charge in [0.1, 0.15) is 45.9 Å². The Morgan fingerprint density at radius 1 is 0.574 bits per heavy atom. The predicted octanol–water partition coefficient (Wildman–Crippen LogP) is 2.82. The van der Waals surface area contributed by atoms with Gasteiger partial charge in [-0.05, 0) is 114 Å². The molecule has 0 unspecified atom stereocenters. The maximum atomic E-state index is 14.0. The van der Waals surface area contributed by atoms with Crippen LogP contribution in [0.25, 0.3) is 0 Å². The normalized spacial score (nSPS) is 14.8. The molecule has 17 nitrogen and oxygen atoms in total. The fourth-order valence-electron chi connectivity index (χ4n) is 6.33. The second-order valence-corrected chi connectivity index (χ2v) is 18.6. The Bertz CT molecular complexity index is 1980. The van der Waals surface area contributed by atoms with E-state index in [0.29, 0.717) is 12.1 Å². The summed E-state index contributed by atoms with van der Waals surface area (Å²) in [5, 5.41) is 16.0. The standard InChI is InChI=1S/C44H64N8O9/c1-39(2,32(54)46-40(3,4)33(55)48-43(9,10)36(58)51(13)29-23-18-15-19-24-29)45-31(53)30-25-20-26-52(30)37(59)44(11,12)49-34(56)41(5,6)47-35(57)42(7,8)50-38(60)61-27-28-21-16-14-17-22-28/h14-19,21-24,30H,20,25-27H2,1-13H3,(H,45,53)(H,46,54)(H,47,57)(H,48,55)(H,49,56)(H,50,60)/t30-/m0/s1. The maximum Gasteiger partial charge on any atom is 0.408 e. The molecule has 1 aliphatic heterocycles. The zero-order chi connectivity index (χ0) is 46.4. The lowest BCUT2D eigenvalue weighted by Crippen LogP contribution is -2.67. The number of alkyl carbamates (subject to hydrolysis) is 1. The highest BCUT2D eigenvalue weighted by Crippen LogP contribution is 2.24. The van der Waals surface area contributed by atoms with Gasteiger partial charge in [-0.1, -0.05) is 48.5 Å². The summed E-state index contributed by atoms with van der Waals surface area (Å²) in [4.78, 5) is 110. The first-order valence-corrected chi connectivity index (χ1v) is 20.2. The number of amides is 8. The van der Waals surface area contributed by atoms with Crippen molar-refractivity contribution in [1.29, 1.82) is 0 Å². The molecule has 0 bridgehead atoms. The van der Waals surface area contributed by atoms with Crippen LogP contribution >= 0.6 is 0 Å². The van der Waals surface area contributed by atoms with E-state index in [4.69, 9.17) is 4.74 Å². The minimum atomic E-state index is -1.56. The van der Waals surface area contributed by atoms with Crippen molar-refractivity contribution in [2.75, 3.05) is 18.5 Å². The van der Waals surface area contributed by atoms with Gasteiger partial charge in [0.05, 0.1) is 0 Å². The first kappa shape index (κ1) is 49.4. The second-order valence-electron chi connectivity index (χ2n) is 18.6. The molecule has 3 rings (SSSR count). The Balaban J connectivity index is 1.60. The molecule has 2 aromatic rings. The van der Waals surface area contributed by atoms with Gasteiger partial charge in [0.2, 0.25) is 35.4 Å². The van der Waals surface area contributed by atoms with Gasteiger partial charge >= 0.3 is 6.09 Å². The number of ether oxygens (including phenoxy) is 1. The summed E-state index contributed by atoms with van der Waals surface area (Å²) in [6.45, 7) is 17.9. The highest BCUT2D eigenvalue weighted by atomic mass is 16.5. The summed E-state index contributed by atoms with van der Waals surface area (Å²) in [6.07, 6.45) is -0.0797. The van der Waals surface area contributed by atoms with Crippen LogP contribution < -0.4 is 36.8 Å². The molecule has 1 saturated heterocycles. The van der Waals surface area contributed by atoms with Gasteiger partial charge in [0.15, 0.2) is 0 Å². The quantitative estimate of drug-likeness (QED) is 0.146. The van der Waals surface area contributed by atoms with Crippen molar-refractivity contribution in [2.45, 2.75) is 142 Å². The maximum absolute atomic E-state index is 14.0. The van der Waals surface area contributed by atoms with Gasteiger partial charge in [-0.15, -0.1) is 0 Å². The van der Waals surface area contributed by atoms with Crippen LogP contribution in [0.15, 0.2) is 60.7 Å². The molecule has 8 amide bonds. The van der Waals surface area contributed by atoms with Crippen LogP contribution in [0.4, 0.5) is 10.5 Å². The van der Waals surface area contributed by atoms with Crippen molar-refractivity contribution in [3.63, 3.8) is 0 Å². The van der Waals surface area contributed by atoms with Gasteiger partial charge in [0, 0.05) is 19.3 Å². The zero-order valence-electron chi connectivity index (χ0n) is 37.7. The van der Waals surface area contributed by atoms with E-state index < -0.39 is 80.8 Å². The Morgan fingerprint density at radius 2 is 0.984 bits per heavy atom. The monoisotopic (exact) mass is 848 g/mol. The molecule has 0 saturated carbocycles. The number of nitrogens with one attached hydrogen (secondary N) is 6. The minimum Gasteiger partial charge on any atom is -0.445 e. The molecule has 0 aliphatic carbocycles. The third kappa shape index (κ3) is 12.8. The van der Waals surface area contributed by atoms with Crippen molar-refractivity contribution >= 4 is 53.1 Å². The number of likely N-dealkylation sites (tertiary alicyclic amines) is 1. The van der Waals surface area contributed by atoms with Gasteiger partial charge in [-0.25, -0.2) is 4.79 Å². The van der Waals surface area contributed by atoms with Gasteiger partial charge in [-0.3, -0.25) is 33.6 Å². The molecule has 1 atom stereocenters. The summed E-state index contributed by atoms with van der Waals surface area (Å²) < 4.78 is 5.24. The van der Waals surface area contributed by atoms with Crippen molar-refractivity contribution in [1.82, 2.24) is 36.8 Å². The molecule has 1 fully saturated rings. The molecule has 6 N–H and O–H groups in total. The molecule has 61 heavy (non-hydrogen) atoms. The minimum absolute atomic E-state index is 0.00900. The number of para-hydroxylation sites is 1. The van der Waals surface area contributed by atoms with Crippen LogP contribution in [-0.4, -0.2) is 105 Å². The molecule has 0 spiro atoms. The summed E-state index contributed by atoms with van der Waals surface area (Å²) in [6, 6.07) is 16.9. The van der Waals surface area contributed by atoms with Crippen molar-refractivity contribution in [2.24, 2.45) is 0 Å². The zero-order valence-corrected chi connectivity index (χ0v) is 37.7. The fraction of sp³-hybridized carbons (Fsp3) is 0.545. The van der Waals surface area contributed by atoms with E-state index >= 15 is 0 Å². The lowest BCUT2D eigenvalue weighted by atomic mass is 9.95. The Kier molecular flexibility index (Phi) is 15.2. The first-order chi connectivity index (χ1) is 27.9. The predicted molar refractivity (Wildman–Crippen MR) is 230 cm³/mol. The number of likely N-dealkylation sites (N-methyl/N-ethyl adjacent to an activating group) is 1. The van der Waals surface area contributed by atoms with Gasteiger partial charge in [-0.2, -0.15) is 0 Å². The van der Waals surface area contributed by atoms with Crippen LogP contribution in [0.2, 0.25) is 0 Å². The molecular weight excluding hydrogens is 785 g/mol. The number of rotatable bonds is 16. The summed E-state index contributed by atoms with van der Waals surface area (Å²) >= 11 is 0. The average Bonchev–Trinajstić information content (AvgIpc) is 3.66. The van der Waals surface area contributed by atoms with Crippen molar-refractivity contribution < 1.29 is 43.1 Å². The molecule has 1 aliphatic rings. The van der Waals surface area contributed by atoms with E-state index in [1.807, 2.05) is 12.1 Å². The number of carbonyl (C=O) groups excluding carboxylic acids is 8. The molecular formula is C44H64N8O9. The fourth-order valence-corrected chi connectivity index (χ4v) is 6.33. The highest BCUT2D eigenvalue weighted by Gasteiger charge is 2.46. The number of carbonyl (C=O) groups is 8. The van der Waals surface area contributed by atoms with Crippen molar-refractivity contribution in [3.05, 3.63) is 66.2 Å². The molecule has 0 radical (unpaired) electrons. The van der Waals surface area contributed by atoms with Crippen molar-refractivity contribution in [3.8, 4) is 0 Å². The Labute approximate surface area is 358 Å². The molecule has 2 aromatic carbocycles. The lowest BCUT2D eigenvalue weighted by molar-refractivity contribution is -0.147. The Morgan fingerprint density at radius 3 is 1.48 bits per heavy atom. The van der Waals surface area contributed by atoms with Gasteiger partial charge in [0.25, 0.3) is 5.91 Å². The van der Waals surface area contributed by atoms with Gasteiger partial charge < -0.3 is 46.4 Å². The molecule has 0 aromatic heterocycles. The number of hydrogen-bond donors (Lipinski definition) is 6. The van der Waals surface area contributed by atoms with E-state index in [1.54, 1.807) is 69.4 Å². The SMILES string of the molecule is CN(C(=O)C(C)(C)NC(=O)C(C)(C)NC(=O)C(C)(C)NC(=O)[C@@H]1CCCN1C(=O)C(C)(C)NC(=O)C(C)(C)NC(=O)C(C)(C)NC(=O)OCc1ccccc1)c1ccccc1. The highest BCUT2D eigenvalue weighted by molar-refractivity contribution is 6.04. The molecule has 17 heteroatoms. The molecule has 334 valence electrons. The number of hydrogen-bond acceptors (Lipinski definition) is 9. The number of nitrogens with zero attached hydrogens (tertiary/aromatic N) is 2. The Hall–Kier alpha value is -6.00. The van der Waals surface area contributed by atoms with E-state index in [2.05, 4.69) is 31.9 Å². The lowest BCUT2D eigenvalue weighted by Gasteiger charge is -2.38. The smallest absolute Gasteiger partial charge is 0.408 e. The summed E-state index contributed by atoms with van der Waals surface area (Å²) in [5.41, 5.74) is -7.63.